The van der Waals surface area contributed by atoms with Gasteiger partial charge in [0.15, 0.2) is 0 Å². The molecule has 0 spiro atoms. The molecule has 5 heteroatoms. The lowest BCUT2D eigenvalue weighted by atomic mass is 10.0. The molecule has 0 aliphatic carbocycles. The van der Waals surface area contributed by atoms with Crippen molar-refractivity contribution in [2.45, 2.75) is 32.6 Å². The van der Waals surface area contributed by atoms with E-state index >= 15 is 0 Å². The standard InChI is InChI=1S/C23H24ClNO3/c1-2-3-4-7-14-28-21-15-20(22(26)19-9-6-5-8-18(19)21)23(27)25-17-12-10-16(24)11-13-17/h5-6,8-13,15,26H,2-4,7,14H2,1H3,(H,25,27). The highest BCUT2D eigenvalue weighted by Gasteiger charge is 2.18. The molecule has 28 heavy (non-hydrogen) atoms. The molecule has 0 aromatic heterocycles. The number of carbonyl (C=O) groups is 1. The van der Waals surface area contributed by atoms with Crippen LogP contribution in [0.15, 0.2) is 54.6 Å². The Morgan fingerprint density at radius 3 is 2.46 bits per heavy atom. The number of hydrogen-bond acceptors (Lipinski definition) is 3. The first-order valence-corrected chi connectivity index (χ1v) is 9.92. The summed E-state index contributed by atoms with van der Waals surface area (Å²) in [5, 5.41) is 15.4. The van der Waals surface area contributed by atoms with Gasteiger partial charge in [-0.2, -0.15) is 0 Å². The largest absolute Gasteiger partial charge is 0.506 e. The fourth-order valence-corrected chi connectivity index (χ4v) is 3.19. The number of phenols is 1. The Morgan fingerprint density at radius 1 is 1.04 bits per heavy atom. The molecule has 0 atom stereocenters. The number of rotatable bonds is 8. The van der Waals surface area contributed by atoms with Gasteiger partial charge in [0.2, 0.25) is 0 Å². The van der Waals surface area contributed by atoms with Crippen molar-refractivity contribution >= 4 is 34.0 Å². The van der Waals surface area contributed by atoms with Gasteiger partial charge in [0.05, 0.1) is 12.2 Å². The summed E-state index contributed by atoms with van der Waals surface area (Å²) in [5.74, 6) is 0.146. The average molecular weight is 398 g/mol. The maximum Gasteiger partial charge on any atom is 0.259 e. The number of carbonyl (C=O) groups excluding carboxylic acids is 1. The minimum Gasteiger partial charge on any atom is -0.506 e. The number of benzene rings is 3. The van der Waals surface area contributed by atoms with Crippen molar-refractivity contribution in [1.82, 2.24) is 0 Å². The van der Waals surface area contributed by atoms with Gasteiger partial charge in [0.25, 0.3) is 5.91 Å². The molecule has 3 aromatic carbocycles. The third-order valence-electron chi connectivity index (χ3n) is 4.58. The first-order chi connectivity index (χ1) is 13.6. The Kier molecular flexibility index (Phi) is 6.77. The Labute approximate surface area is 170 Å². The quantitative estimate of drug-likeness (QED) is 0.432. The maximum atomic E-state index is 12.8. The van der Waals surface area contributed by atoms with Gasteiger partial charge in [-0.25, -0.2) is 0 Å². The summed E-state index contributed by atoms with van der Waals surface area (Å²) >= 11 is 5.89. The number of phenolic OH excluding ortho intramolecular Hbond substituents is 1. The molecule has 0 saturated carbocycles. The van der Waals surface area contributed by atoms with E-state index in [1.165, 1.54) is 6.42 Å². The molecule has 4 nitrogen and oxygen atoms in total. The van der Waals surface area contributed by atoms with Crippen LogP contribution in [0.1, 0.15) is 43.0 Å². The number of ether oxygens (including phenoxy) is 1. The van der Waals surface area contributed by atoms with E-state index < -0.39 is 5.91 Å². The van der Waals surface area contributed by atoms with E-state index in [-0.39, 0.29) is 11.3 Å². The molecule has 146 valence electrons. The van der Waals surface area contributed by atoms with E-state index in [9.17, 15) is 9.90 Å². The summed E-state index contributed by atoms with van der Waals surface area (Å²) in [5.41, 5.74) is 0.779. The zero-order valence-corrected chi connectivity index (χ0v) is 16.6. The van der Waals surface area contributed by atoms with Gasteiger partial charge < -0.3 is 15.2 Å². The second-order valence-corrected chi connectivity index (χ2v) is 7.12. The first-order valence-electron chi connectivity index (χ1n) is 9.54. The highest BCUT2D eigenvalue weighted by Crippen LogP contribution is 2.36. The second kappa shape index (κ2) is 9.47. The van der Waals surface area contributed by atoms with E-state index in [0.717, 1.165) is 24.6 Å². The molecule has 1 amide bonds. The van der Waals surface area contributed by atoms with Gasteiger partial charge >= 0.3 is 0 Å². The molecule has 0 aliphatic rings. The van der Waals surface area contributed by atoms with Crippen molar-refractivity contribution in [3.05, 3.63) is 65.2 Å². The van der Waals surface area contributed by atoms with Crippen LogP contribution in [0.5, 0.6) is 11.5 Å². The fourth-order valence-electron chi connectivity index (χ4n) is 3.06. The van der Waals surface area contributed by atoms with Gasteiger partial charge in [-0.3, -0.25) is 4.79 Å². The van der Waals surface area contributed by atoms with Crippen molar-refractivity contribution in [3.63, 3.8) is 0 Å². The minimum atomic E-state index is -0.401. The molecule has 0 saturated heterocycles. The lowest BCUT2D eigenvalue weighted by Gasteiger charge is -2.14. The third-order valence-corrected chi connectivity index (χ3v) is 4.83. The summed E-state index contributed by atoms with van der Waals surface area (Å²) in [4.78, 5) is 12.8. The molecule has 0 fully saturated rings. The maximum absolute atomic E-state index is 12.8. The summed E-state index contributed by atoms with van der Waals surface area (Å²) in [7, 11) is 0. The monoisotopic (exact) mass is 397 g/mol. The molecular weight excluding hydrogens is 374 g/mol. The third kappa shape index (κ3) is 4.76. The molecule has 3 aromatic rings. The number of unbranched alkanes of at least 4 members (excludes halogenated alkanes) is 3. The number of halogens is 1. The van der Waals surface area contributed by atoms with E-state index in [2.05, 4.69) is 12.2 Å². The molecule has 0 radical (unpaired) electrons. The predicted octanol–water partition coefficient (Wildman–Crippen LogP) is 6.41. The first kappa shape index (κ1) is 20.0. The second-order valence-electron chi connectivity index (χ2n) is 6.69. The zero-order chi connectivity index (χ0) is 19.9. The number of fused-ring (bicyclic) bond motifs is 1. The van der Waals surface area contributed by atoms with Crippen molar-refractivity contribution < 1.29 is 14.6 Å². The van der Waals surface area contributed by atoms with Crippen molar-refractivity contribution in [1.29, 1.82) is 0 Å². The van der Waals surface area contributed by atoms with Crippen molar-refractivity contribution in [2.24, 2.45) is 0 Å². The Hall–Kier alpha value is -2.72. The van der Waals surface area contributed by atoms with Crippen LogP contribution < -0.4 is 10.1 Å². The molecular formula is C23H24ClNO3. The number of nitrogens with one attached hydrogen (secondary N) is 1. The van der Waals surface area contributed by atoms with Crippen LogP contribution in [-0.2, 0) is 0 Å². The molecule has 0 unspecified atom stereocenters. The minimum absolute atomic E-state index is 0.0552. The van der Waals surface area contributed by atoms with Crippen molar-refractivity contribution in [3.8, 4) is 11.5 Å². The van der Waals surface area contributed by atoms with Gasteiger partial charge in [0, 0.05) is 21.5 Å². The van der Waals surface area contributed by atoms with Crippen LogP contribution in [0.3, 0.4) is 0 Å². The lowest BCUT2D eigenvalue weighted by molar-refractivity contribution is 0.102. The van der Waals surface area contributed by atoms with Gasteiger partial charge in [-0.15, -0.1) is 0 Å². The highest BCUT2D eigenvalue weighted by atomic mass is 35.5. The molecule has 0 bridgehead atoms. The van der Waals surface area contributed by atoms with Crippen LogP contribution in [0.4, 0.5) is 5.69 Å². The lowest BCUT2D eigenvalue weighted by Crippen LogP contribution is -2.12. The normalized spacial score (nSPS) is 10.8. The van der Waals surface area contributed by atoms with Crippen molar-refractivity contribution in [2.75, 3.05) is 11.9 Å². The van der Waals surface area contributed by atoms with E-state index in [1.807, 2.05) is 18.2 Å². The van der Waals surface area contributed by atoms with Crippen LogP contribution in [0, 0.1) is 0 Å². The topological polar surface area (TPSA) is 58.6 Å². The number of anilines is 1. The molecule has 2 N–H and O–H groups in total. The average Bonchev–Trinajstić information content (AvgIpc) is 2.71. The van der Waals surface area contributed by atoms with E-state index in [1.54, 1.807) is 36.4 Å². The smallest absolute Gasteiger partial charge is 0.259 e. The highest BCUT2D eigenvalue weighted by molar-refractivity contribution is 6.30. The Morgan fingerprint density at radius 2 is 1.75 bits per heavy atom. The van der Waals surface area contributed by atoms with Crippen LogP contribution >= 0.6 is 11.6 Å². The molecule has 3 rings (SSSR count). The van der Waals surface area contributed by atoms with E-state index in [0.29, 0.717) is 28.5 Å². The van der Waals surface area contributed by atoms with Gasteiger partial charge in [0.1, 0.15) is 11.5 Å². The molecule has 0 heterocycles. The Balaban J connectivity index is 1.87. The fraction of sp³-hybridized carbons (Fsp3) is 0.261. The Bertz CT molecular complexity index is 954. The van der Waals surface area contributed by atoms with Crippen LogP contribution in [0.25, 0.3) is 10.8 Å². The van der Waals surface area contributed by atoms with Gasteiger partial charge in [-0.1, -0.05) is 62.1 Å². The summed E-state index contributed by atoms with van der Waals surface area (Å²) in [6.07, 6.45) is 4.40. The molecule has 0 aliphatic heterocycles. The summed E-state index contributed by atoms with van der Waals surface area (Å²) in [6.45, 7) is 2.74. The SMILES string of the molecule is CCCCCCOc1cc(C(=O)Nc2ccc(Cl)cc2)c(O)c2ccccc12. The van der Waals surface area contributed by atoms with Crippen LogP contribution in [-0.4, -0.2) is 17.6 Å². The van der Waals surface area contributed by atoms with E-state index in [4.69, 9.17) is 16.3 Å². The number of amides is 1. The number of hydrogen-bond donors (Lipinski definition) is 2. The number of aromatic hydroxyl groups is 1. The summed E-state index contributed by atoms with van der Waals surface area (Å²) in [6, 6.07) is 15.8. The zero-order valence-electron chi connectivity index (χ0n) is 15.9. The van der Waals surface area contributed by atoms with Gasteiger partial charge in [-0.05, 0) is 36.8 Å². The predicted molar refractivity (Wildman–Crippen MR) is 115 cm³/mol. The van der Waals surface area contributed by atoms with Crippen LogP contribution in [0.2, 0.25) is 5.02 Å². The summed E-state index contributed by atoms with van der Waals surface area (Å²) < 4.78 is 5.97.